The SMILES string of the molecule is CN(C)C(=O)CCCN1CCC(N)CC1. The maximum absolute atomic E-state index is 11.3. The summed E-state index contributed by atoms with van der Waals surface area (Å²) < 4.78 is 0. The van der Waals surface area contributed by atoms with Crippen LogP contribution >= 0.6 is 0 Å². The molecule has 0 unspecified atom stereocenters. The highest BCUT2D eigenvalue weighted by Crippen LogP contribution is 2.09. The van der Waals surface area contributed by atoms with E-state index in [4.69, 9.17) is 5.73 Å². The number of carbonyl (C=O) groups is 1. The fraction of sp³-hybridized carbons (Fsp3) is 0.909. The first-order valence-electron chi connectivity index (χ1n) is 5.77. The number of amides is 1. The summed E-state index contributed by atoms with van der Waals surface area (Å²) in [5, 5.41) is 0. The molecule has 1 fully saturated rings. The van der Waals surface area contributed by atoms with Crippen LogP contribution in [-0.4, -0.2) is 55.5 Å². The number of hydrogen-bond acceptors (Lipinski definition) is 3. The van der Waals surface area contributed by atoms with Crippen molar-refractivity contribution >= 4 is 5.91 Å². The van der Waals surface area contributed by atoms with E-state index in [1.165, 1.54) is 0 Å². The minimum atomic E-state index is 0.226. The van der Waals surface area contributed by atoms with E-state index in [9.17, 15) is 4.79 Å². The predicted molar refractivity (Wildman–Crippen MR) is 61.6 cm³/mol. The molecule has 0 radical (unpaired) electrons. The lowest BCUT2D eigenvalue weighted by Gasteiger charge is -2.29. The summed E-state index contributed by atoms with van der Waals surface area (Å²) in [4.78, 5) is 15.4. The molecule has 1 rings (SSSR count). The minimum Gasteiger partial charge on any atom is -0.349 e. The number of carbonyl (C=O) groups excluding carboxylic acids is 1. The van der Waals surface area contributed by atoms with Gasteiger partial charge in [-0.25, -0.2) is 0 Å². The molecule has 1 aliphatic rings. The van der Waals surface area contributed by atoms with Crippen molar-refractivity contribution in [3.63, 3.8) is 0 Å². The van der Waals surface area contributed by atoms with Gasteiger partial charge in [-0.05, 0) is 38.9 Å². The van der Waals surface area contributed by atoms with Crippen LogP contribution in [0.25, 0.3) is 0 Å². The Morgan fingerprint density at radius 2 is 2.00 bits per heavy atom. The second kappa shape index (κ2) is 6.08. The van der Waals surface area contributed by atoms with Gasteiger partial charge in [0, 0.05) is 26.6 Å². The molecule has 1 aliphatic heterocycles. The summed E-state index contributed by atoms with van der Waals surface area (Å²) in [6, 6.07) is 0.393. The van der Waals surface area contributed by atoms with Crippen molar-refractivity contribution in [1.82, 2.24) is 9.80 Å². The van der Waals surface area contributed by atoms with Crippen LogP contribution in [0.1, 0.15) is 25.7 Å². The van der Waals surface area contributed by atoms with Crippen molar-refractivity contribution in [2.45, 2.75) is 31.7 Å². The van der Waals surface area contributed by atoms with E-state index < -0.39 is 0 Å². The van der Waals surface area contributed by atoms with E-state index in [0.717, 1.165) is 38.9 Å². The van der Waals surface area contributed by atoms with E-state index in [1.54, 1.807) is 4.90 Å². The van der Waals surface area contributed by atoms with Crippen molar-refractivity contribution in [3.8, 4) is 0 Å². The van der Waals surface area contributed by atoms with Gasteiger partial charge in [-0.2, -0.15) is 0 Å². The maximum atomic E-state index is 11.3. The molecule has 4 heteroatoms. The molecule has 0 aliphatic carbocycles. The second-order valence-electron chi connectivity index (χ2n) is 4.57. The first-order valence-corrected chi connectivity index (χ1v) is 5.77. The molecule has 88 valence electrons. The van der Waals surface area contributed by atoms with Crippen molar-refractivity contribution in [2.75, 3.05) is 33.7 Å². The van der Waals surface area contributed by atoms with Crippen LogP contribution in [0, 0.1) is 0 Å². The van der Waals surface area contributed by atoms with Crippen molar-refractivity contribution in [3.05, 3.63) is 0 Å². The third-order valence-electron chi connectivity index (χ3n) is 3.00. The van der Waals surface area contributed by atoms with E-state index in [0.29, 0.717) is 12.5 Å². The van der Waals surface area contributed by atoms with Crippen LogP contribution in [0.2, 0.25) is 0 Å². The number of likely N-dealkylation sites (tertiary alicyclic amines) is 1. The third-order valence-corrected chi connectivity index (χ3v) is 3.00. The smallest absolute Gasteiger partial charge is 0.222 e. The summed E-state index contributed by atoms with van der Waals surface area (Å²) in [5.41, 5.74) is 5.83. The van der Waals surface area contributed by atoms with Crippen LogP contribution in [0.15, 0.2) is 0 Å². The highest BCUT2D eigenvalue weighted by molar-refractivity contribution is 5.75. The van der Waals surface area contributed by atoms with E-state index in [2.05, 4.69) is 4.90 Å². The van der Waals surface area contributed by atoms with Gasteiger partial charge in [-0.15, -0.1) is 0 Å². The highest BCUT2D eigenvalue weighted by atomic mass is 16.2. The lowest BCUT2D eigenvalue weighted by molar-refractivity contribution is -0.128. The topological polar surface area (TPSA) is 49.6 Å². The van der Waals surface area contributed by atoms with Gasteiger partial charge in [0.25, 0.3) is 0 Å². The van der Waals surface area contributed by atoms with Gasteiger partial charge in [0.05, 0.1) is 0 Å². The Hall–Kier alpha value is -0.610. The van der Waals surface area contributed by atoms with Crippen LogP contribution in [0.3, 0.4) is 0 Å². The number of rotatable bonds is 4. The van der Waals surface area contributed by atoms with Gasteiger partial charge in [0.2, 0.25) is 5.91 Å². The lowest BCUT2D eigenvalue weighted by atomic mass is 10.1. The average molecular weight is 213 g/mol. The standard InChI is InChI=1S/C11H23N3O/c1-13(2)11(15)4-3-7-14-8-5-10(12)6-9-14/h10H,3-9,12H2,1-2H3. The van der Waals surface area contributed by atoms with Crippen molar-refractivity contribution in [1.29, 1.82) is 0 Å². The molecule has 0 aromatic carbocycles. The molecular weight excluding hydrogens is 190 g/mol. The maximum Gasteiger partial charge on any atom is 0.222 e. The van der Waals surface area contributed by atoms with Gasteiger partial charge in [0.15, 0.2) is 0 Å². The van der Waals surface area contributed by atoms with E-state index >= 15 is 0 Å². The molecule has 1 saturated heterocycles. The van der Waals surface area contributed by atoms with E-state index in [1.807, 2.05) is 14.1 Å². The molecule has 1 amide bonds. The summed E-state index contributed by atoms with van der Waals surface area (Å²) in [5.74, 6) is 0.226. The molecule has 1 heterocycles. The molecule has 0 saturated carbocycles. The van der Waals surface area contributed by atoms with Crippen molar-refractivity contribution in [2.24, 2.45) is 5.73 Å². The fourth-order valence-corrected chi connectivity index (χ4v) is 1.85. The Labute approximate surface area is 92.4 Å². The Morgan fingerprint density at radius 1 is 1.40 bits per heavy atom. The monoisotopic (exact) mass is 213 g/mol. The van der Waals surface area contributed by atoms with Gasteiger partial charge in [0.1, 0.15) is 0 Å². The zero-order chi connectivity index (χ0) is 11.3. The second-order valence-corrected chi connectivity index (χ2v) is 4.57. The Bertz CT molecular complexity index is 198. The molecule has 2 N–H and O–H groups in total. The molecule has 0 spiro atoms. The van der Waals surface area contributed by atoms with Gasteiger partial charge >= 0.3 is 0 Å². The molecule has 15 heavy (non-hydrogen) atoms. The normalized spacial score (nSPS) is 19.1. The minimum absolute atomic E-state index is 0.226. The Morgan fingerprint density at radius 3 is 2.53 bits per heavy atom. The number of piperidine rings is 1. The van der Waals surface area contributed by atoms with Gasteiger partial charge in [-0.1, -0.05) is 0 Å². The summed E-state index contributed by atoms with van der Waals surface area (Å²) in [6.45, 7) is 3.22. The van der Waals surface area contributed by atoms with Crippen LogP contribution in [-0.2, 0) is 4.79 Å². The lowest BCUT2D eigenvalue weighted by Crippen LogP contribution is -2.40. The summed E-state index contributed by atoms with van der Waals surface area (Å²) in [7, 11) is 3.62. The Balaban J connectivity index is 2.08. The number of nitrogens with two attached hydrogens (primary N) is 1. The molecule has 0 aromatic rings. The van der Waals surface area contributed by atoms with Crippen molar-refractivity contribution < 1.29 is 4.79 Å². The van der Waals surface area contributed by atoms with Crippen LogP contribution < -0.4 is 5.73 Å². The molecule has 0 aromatic heterocycles. The molecule has 0 atom stereocenters. The van der Waals surface area contributed by atoms with E-state index in [-0.39, 0.29) is 5.91 Å². The quantitative estimate of drug-likeness (QED) is 0.729. The molecular formula is C11H23N3O. The summed E-state index contributed by atoms with van der Waals surface area (Å²) >= 11 is 0. The first kappa shape index (κ1) is 12.5. The molecule has 0 bridgehead atoms. The number of nitrogens with zero attached hydrogens (tertiary/aromatic N) is 2. The Kier molecular flexibility index (Phi) is 5.05. The molecule has 4 nitrogen and oxygen atoms in total. The van der Waals surface area contributed by atoms with Gasteiger partial charge in [-0.3, -0.25) is 4.79 Å². The van der Waals surface area contributed by atoms with Crippen LogP contribution in [0.5, 0.6) is 0 Å². The van der Waals surface area contributed by atoms with Gasteiger partial charge < -0.3 is 15.5 Å². The average Bonchev–Trinajstić information content (AvgIpc) is 2.20. The zero-order valence-corrected chi connectivity index (χ0v) is 9.91. The summed E-state index contributed by atoms with van der Waals surface area (Å²) in [6.07, 6.45) is 3.82. The first-order chi connectivity index (χ1) is 7.09. The highest BCUT2D eigenvalue weighted by Gasteiger charge is 2.15. The largest absolute Gasteiger partial charge is 0.349 e. The van der Waals surface area contributed by atoms with Crippen LogP contribution in [0.4, 0.5) is 0 Å². The predicted octanol–water partition coefficient (Wildman–Crippen LogP) is 0.278. The fourth-order valence-electron chi connectivity index (χ4n) is 1.85. The third kappa shape index (κ3) is 4.62. The number of hydrogen-bond donors (Lipinski definition) is 1. The zero-order valence-electron chi connectivity index (χ0n) is 9.91.